The SMILES string of the molecule is c1ccc(-c2ccc(N(c3cccc4ccccc34)c3cccc4oc5c6ccccc6c(-c6cccc(-c7ccccc7)c6)cc5c34)cc2)cc1. The van der Waals surface area contributed by atoms with Crippen molar-refractivity contribution in [2.24, 2.45) is 0 Å². The normalized spacial score (nSPS) is 11.5. The van der Waals surface area contributed by atoms with Crippen molar-refractivity contribution >= 4 is 60.5 Å². The van der Waals surface area contributed by atoms with Crippen molar-refractivity contribution in [3.8, 4) is 33.4 Å². The second kappa shape index (κ2) is 12.5. The van der Waals surface area contributed by atoms with Gasteiger partial charge in [-0.15, -0.1) is 0 Å². The average Bonchev–Trinajstić information content (AvgIpc) is 3.61. The van der Waals surface area contributed by atoms with E-state index >= 15 is 0 Å². The van der Waals surface area contributed by atoms with E-state index < -0.39 is 0 Å². The summed E-state index contributed by atoms with van der Waals surface area (Å²) in [6, 6.07) is 71.6. The number of nitrogens with zero attached hydrogens (tertiary/aromatic N) is 1. The Balaban J connectivity index is 1.24. The maximum absolute atomic E-state index is 6.85. The number of anilines is 3. The van der Waals surface area contributed by atoms with Crippen LogP contribution in [0.1, 0.15) is 0 Å². The molecule has 0 aliphatic rings. The Bertz CT molecular complexity index is 2880. The molecule has 0 radical (unpaired) electrons. The highest BCUT2D eigenvalue weighted by atomic mass is 16.3. The lowest BCUT2D eigenvalue weighted by molar-refractivity contribution is 0.672. The van der Waals surface area contributed by atoms with Gasteiger partial charge in [0.05, 0.1) is 16.8 Å². The molecule has 1 aromatic heterocycles. The van der Waals surface area contributed by atoms with Crippen molar-refractivity contribution in [1.82, 2.24) is 0 Å². The van der Waals surface area contributed by atoms with E-state index in [2.05, 4.69) is 205 Å². The summed E-state index contributed by atoms with van der Waals surface area (Å²) in [4.78, 5) is 2.40. The van der Waals surface area contributed by atoms with Gasteiger partial charge in [-0.2, -0.15) is 0 Å². The van der Waals surface area contributed by atoms with Crippen LogP contribution in [0.25, 0.3) is 76.9 Å². The number of benzene rings is 9. The van der Waals surface area contributed by atoms with Crippen LogP contribution in [0.2, 0.25) is 0 Å². The number of rotatable bonds is 6. The van der Waals surface area contributed by atoms with Gasteiger partial charge in [-0.3, -0.25) is 0 Å². The number of hydrogen-bond acceptors (Lipinski definition) is 2. The van der Waals surface area contributed by atoms with Crippen molar-refractivity contribution in [2.75, 3.05) is 4.90 Å². The molecule has 0 amide bonds. The van der Waals surface area contributed by atoms with Gasteiger partial charge in [-0.25, -0.2) is 0 Å². The lowest BCUT2D eigenvalue weighted by Crippen LogP contribution is -2.10. The fourth-order valence-corrected chi connectivity index (χ4v) is 7.80. The first-order valence-electron chi connectivity index (χ1n) is 17.8. The summed E-state index contributed by atoms with van der Waals surface area (Å²) in [5.74, 6) is 0. The van der Waals surface area contributed by atoms with Crippen LogP contribution >= 0.6 is 0 Å². The summed E-state index contributed by atoms with van der Waals surface area (Å²) in [7, 11) is 0. The molecule has 0 N–H and O–H groups in total. The van der Waals surface area contributed by atoms with Gasteiger partial charge < -0.3 is 9.32 Å². The smallest absolute Gasteiger partial charge is 0.143 e. The van der Waals surface area contributed by atoms with Gasteiger partial charge in [0.1, 0.15) is 11.2 Å². The zero-order chi connectivity index (χ0) is 34.4. The third kappa shape index (κ3) is 5.04. The van der Waals surface area contributed by atoms with E-state index in [0.717, 1.165) is 44.4 Å². The van der Waals surface area contributed by atoms with Crippen molar-refractivity contribution in [1.29, 1.82) is 0 Å². The van der Waals surface area contributed by atoms with Crippen LogP contribution in [0.3, 0.4) is 0 Å². The predicted octanol–water partition coefficient (Wildman–Crippen LogP) is 14.4. The van der Waals surface area contributed by atoms with E-state index in [1.807, 2.05) is 0 Å². The molecule has 52 heavy (non-hydrogen) atoms. The molecule has 9 aromatic carbocycles. The molecule has 0 saturated heterocycles. The Morgan fingerprint density at radius 3 is 1.69 bits per heavy atom. The maximum atomic E-state index is 6.85. The van der Waals surface area contributed by atoms with E-state index in [4.69, 9.17) is 4.42 Å². The Hall–Kier alpha value is -6.90. The molecule has 0 saturated carbocycles. The number of fused-ring (bicyclic) bond motifs is 6. The summed E-state index contributed by atoms with van der Waals surface area (Å²) in [6.45, 7) is 0. The summed E-state index contributed by atoms with van der Waals surface area (Å²) in [5, 5.41) is 6.83. The Morgan fingerprint density at radius 1 is 0.346 bits per heavy atom. The minimum absolute atomic E-state index is 0.860. The number of hydrogen-bond donors (Lipinski definition) is 0. The van der Waals surface area contributed by atoms with Gasteiger partial charge in [0.15, 0.2) is 0 Å². The third-order valence-electron chi connectivity index (χ3n) is 10.2. The fourth-order valence-electron chi connectivity index (χ4n) is 7.80. The van der Waals surface area contributed by atoms with Crippen molar-refractivity contribution in [3.05, 3.63) is 200 Å². The molecule has 0 aliphatic carbocycles. The predicted molar refractivity (Wildman–Crippen MR) is 220 cm³/mol. The average molecular weight is 664 g/mol. The molecule has 2 nitrogen and oxygen atoms in total. The van der Waals surface area contributed by atoms with Crippen LogP contribution in [0, 0.1) is 0 Å². The molecule has 0 bridgehead atoms. The highest BCUT2D eigenvalue weighted by Crippen LogP contribution is 2.47. The van der Waals surface area contributed by atoms with E-state index in [9.17, 15) is 0 Å². The van der Waals surface area contributed by atoms with Crippen LogP contribution in [0.15, 0.2) is 205 Å². The zero-order valence-corrected chi connectivity index (χ0v) is 28.4. The second-order valence-electron chi connectivity index (χ2n) is 13.3. The van der Waals surface area contributed by atoms with Gasteiger partial charge in [0.2, 0.25) is 0 Å². The van der Waals surface area contributed by atoms with Crippen LogP contribution in [-0.2, 0) is 0 Å². The molecule has 0 aliphatic heterocycles. The second-order valence-corrected chi connectivity index (χ2v) is 13.3. The molecule has 0 fully saturated rings. The Kier molecular flexibility index (Phi) is 7.18. The molecule has 244 valence electrons. The molecule has 10 rings (SSSR count). The molecule has 0 unspecified atom stereocenters. The van der Waals surface area contributed by atoms with E-state index in [-0.39, 0.29) is 0 Å². The first-order chi connectivity index (χ1) is 25.8. The zero-order valence-electron chi connectivity index (χ0n) is 28.4. The third-order valence-corrected chi connectivity index (χ3v) is 10.2. The molecular weight excluding hydrogens is 631 g/mol. The fraction of sp³-hybridized carbons (Fsp3) is 0. The van der Waals surface area contributed by atoms with Crippen LogP contribution in [-0.4, -0.2) is 0 Å². The van der Waals surface area contributed by atoms with Crippen molar-refractivity contribution in [3.63, 3.8) is 0 Å². The van der Waals surface area contributed by atoms with Gasteiger partial charge in [0.25, 0.3) is 0 Å². The first-order valence-corrected chi connectivity index (χ1v) is 17.8. The highest BCUT2D eigenvalue weighted by molar-refractivity contribution is 6.23. The van der Waals surface area contributed by atoms with Gasteiger partial charge >= 0.3 is 0 Å². The molecule has 0 atom stereocenters. The minimum Gasteiger partial charge on any atom is -0.455 e. The lowest BCUT2D eigenvalue weighted by atomic mass is 9.93. The first kappa shape index (κ1) is 30.0. The van der Waals surface area contributed by atoms with Crippen molar-refractivity contribution in [2.45, 2.75) is 0 Å². The van der Waals surface area contributed by atoms with E-state index in [1.165, 1.54) is 49.5 Å². The van der Waals surface area contributed by atoms with E-state index in [0.29, 0.717) is 0 Å². The monoisotopic (exact) mass is 663 g/mol. The maximum Gasteiger partial charge on any atom is 0.143 e. The Morgan fingerprint density at radius 2 is 0.904 bits per heavy atom. The number of furan rings is 1. The summed E-state index contributed by atoms with van der Waals surface area (Å²) >= 11 is 0. The molecule has 2 heteroatoms. The lowest BCUT2D eigenvalue weighted by Gasteiger charge is -2.27. The van der Waals surface area contributed by atoms with Gasteiger partial charge in [-0.05, 0) is 86.6 Å². The standard InChI is InChI=1S/C50H33NO/c1-3-14-34(15-4-1)36-28-30-40(31-29-36)51(46-25-12-19-37-18-7-8-22-41(37)46)47-26-13-27-48-49(47)45-33-44(42-23-9-10-24-43(42)50(45)52-48)39-21-11-20-38(32-39)35-16-5-2-6-17-35/h1-33H. The summed E-state index contributed by atoms with van der Waals surface area (Å²) < 4.78 is 6.85. The van der Waals surface area contributed by atoms with Crippen LogP contribution in [0.4, 0.5) is 17.1 Å². The molecule has 1 heterocycles. The topological polar surface area (TPSA) is 16.4 Å². The van der Waals surface area contributed by atoms with Gasteiger partial charge in [0, 0.05) is 21.8 Å². The molecule has 10 aromatic rings. The summed E-state index contributed by atoms with van der Waals surface area (Å²) in [6.07, 6.45) is 0. The quantitative estimate of drug-likeness (QED) is 0.176. The van der Waals surface area contributed by atoms with Gasteiger partial charge in [-0.1, -0.05) is 158 Å². The Labute approximate surface area is 302 Å². The minimum atomic E-state index is 0.860. The highest BCUT2D eigenvalue weighted by Gasteiger charge is 2.23. The van der Waals surface area contributed by atoms with Crippen LogP contribution in [0.5, 0.6) is 0 Å². The molecule has 0 spiro atoms. The van der Waals surface area contributed by atoms with Crippen LogP contribution < -0.4 is 4.90 Å². The summed E-state index contributed by atoms with van der Waals surface area (Å²) in [5.41, 5.74) is 12.2. The van der Waals surface area contributed by atoms with Crippen molar-refractivity contribution < 1.29 is 4.42 Å². The van der Waals surface area contributed by atoms with E-state index in [1.54, 1.807) is 0 Å². The largest absolute Gasteiger partial charge is 0.455 e. The molecular formula is C50H33NO.